The number of amides is 1. The molecule has 3 aromatic rings. The van der Waals surface area contributed by atoms with Crippen LogP contribution in [0.25, 0.3) is 10.9 Å². The summed E-state index contributed by atoms with van der Waals surface area (Å²) in [6.45, 7) is 0. The molecule has 0 aliphatic carbocycles. The second-order valence-electron chi connectivity index (χ2n) is 5.98. The van der Waals surface area contributed by atoms with Gasteiger partial charge in [-0.2, -0.15) is 5.26 Å². The maximum atomic E-state index is 12.6. The van der Waals surface area contributed by atoms with E-state index in [1.807, 2.05) is 30.3 Å². The van der Waals surface area contributed by atoms with Crippen LogP contribution in [0.2, 0.25) is 0 Å². The maximum Gasteiger partial charge on any atom is 0.328 e. The normalized spacial score (nSPS) is 11.4. The summed E-state index contributed by atoms with van der Waals surface area (Å²) in [5.41, 5.74) is 2.49. The number of nitrogens with one attached hydrogen (secondary N) is 1. The third-order valence-electron chi connectivity index (χ3n) is 4.17. The van der Waals surface area contributed by atoms with Crippen molar-refractivity contribution in [3.63, 3.8) is 0 Å². The van der Waals surface area contributed by atoms with Crippen molar-refractivity contribution in [2.75, 3.05) is 7.11 Å². The van der Waals surface area contributed by atoms with Crippen LogP contribution in [0.1, 0.15) is 21.5 Å². The molecule has 6 nitrogen and oxygen atoms in total. The lowest BCUT2D eigenvalue weighted by atomic mass is 10.0. The van der Waals surface area contributed by atoms with E-state index in [4.69, 9.17) is 10.00 Å². The fourth-order valence-corrected chi connectivity index (χ4v) is 2.72. The highest BCUT2D eigenvalue weighted by Crippen LogP contribution is 2.13. The fraction of sp³-hybridized carbons (Fsp3) is 0.143. The van der Waals surface area contributed by atoms with Gasteiger partial charge in [0.05, 0.1) is 29.8 Å². The van der Waals surface area contributed by atoms with E-state index in [2.05, 4.69) is 10.3 Å². The van der Waals surface area contributed by atoms with Gasteiger partial charge in [-0.25, -0.2) is 4.79 Å². The molecule has 0 radical (unpaired) electrons. The molecule has 3 rings (SSSR count). The second-order valence-corrected chi connectivity index (χ2v) is 5.98. The minimum atomic E-state index is -0.845. The molecule has 27 heavy (non-hydrogen) atoms. The summed E-state index contributed by atoms with van der Waals surface area (Å²) in [6.07, 6.45) is 1.73. The summed E-state index contributed by atoms with van der Waals surface area (Å²) in [5, 5.41) is 12.4. The maximum absolute atomic E-state index is 12.6. The van der Waals surface area contributed by atoms with Crippen molar-refractivity contribution in [3.8, 4) is 6.07 Å². The Morgan fingerprint density at radius 1 is 1.19 bits per heavy atom. The molecule has 0 unspecified atom stereocenters. The number of para-hydroxylation sites is 1. The van der Waals surface area contributed by atoms with Crippen molar-refractivity contribution >= 4 is 22.8 Å². The molecular weight excluding hydrogens is 342 g/mol. The van der Waals surface area contributed by atoms with Gasteiger partial charge in [-0.1, -0.05) is 30.3 Å². The van der Waals surface area contributed by atoms with E-state index in [0.29, 0.717) is 11.1 Å². The van der Waals surface area contributed by atoms with Crippen molar-refractivity contribution in [1.29, 1.82) is 5.26 Å². The molecule has 0 bridgehead atoms. The summed E-state index contributed by atoms with van der Waals surface area (Å²) in [7, 11) is 1.28. The predicted molar refractivity (Wildman–Crippen MR) is 99.9 cm³/mol. The Morgan fingerprint density at radius 2 is 1.93 bits per heavy atom. The summed E-state index contributed by atoms with van der Waals surface area (Å²) >= 11 is 0. The van der Waals surface area contributed by atoms with E-state index in [-0.39, 0.29) is 6.42 Å². The van der Waals surface area contributed by atoms with Crippen LogP contribution in [0.4, 0.5) is 0 Å². The number of hydrogen-bond acceptors (Lipinski definition) is 5. The average Bonchev–Trinajstić information content (AvgIpc) is 2.72. The quantitative estimate of drug-likeness (QED) is 0.707. The molecule has 2 aromatic carbocycles. The van der Waals surface area contributed by atoms with Gasteiger partial charge in [-0.05, 0) is 29.8 Å². The average molecular weight is 359 g/mol. The lowest BCUT2D eigenvalue weighted by molar-refractivity contribution is -0.142. The number of rotatable bonds is 5. The molecule has 1 aromatic heterocycles. The van der Waals surface area contributed by atoms with Gasteiger partial charge < -0.3 is 10.1 Å². The SMILES string of the molecule is COC(=O)[C@H](Cc1ccc(C#N)cc1)NC(=O)c1cnc2ccccc2c1. The number of pyridine rings is 1. The number of fused-ring (bicyclic) bond motifs is 1. The number of carbonyl (C=O) groups excluding carboxylic acids is 2. The lowest BCUT2D eigenvalue weighted by Crippen LogP contribution is -2.43. The molecule has 134 valence electrons. The Kier molecular flexibility index (Phi) is 5.43. The number of benzene rings is 2. The number of esters is 1. The van der Waals surface area contributed by atoms with E-state index >= 15 is 0 Å². The standard InChI is InChI=1S/C21H17N3O3/c1-27-21(26)19(10-14-6-8-15(12-22)9-7-14)24-20(25)17-11-16-4-2-3-5-18(16)23-13-17/h2-9,11,13,19H,10H2,1H3,(H,24,25)/t19-/m0/s1. The Bertz CT molecular complexity index is 1020. The highest BCUT2D eigenvalue weighted by molar-refractivity contribution is 5.99. The largest absolute Gasteiger partial charge is 0.467 e. The molecule has 6 heteroatoms. The van der Waals surface area contributed by atoms with Crippen LogP contribution < -0.4 is 5.32 Å². The zero-order valence-electron chi connectivity index (χ0n) is 14.7. The molecule has 1 heterocycles. The van der Waals surface area contributed by atoms with Crippen LogP contribution in [0.5, 0.6) is 0 Å². The lowest BCUT2D eigenvalue weighted by Gasteiger charge is -2.17. The second kappa shape index (κ2) is 8.11. The van der Waals surface area contributed by atoms with E-state index < -0.39 is 17.9 Å². The van der Waals surface area contributed by atoms with E-state index in [1.54, 1.807) is 30.3 Å². The van der Waals surface area contributed by atoms with Gasteiger partial charge in [0, 0.05) is 18.0 Å². The van der Waals surface area contributed by atoms with Crippen molar-refractivity contribution in [3.05, 3.63) is 77.5 Å². The first kappa shape index (κ1) is 18.1. The molecular formula is C21H17N3O3. The van der Waals surface area contributed by atoms with Crippen LogP contribution in [0.15, 0.2) is 60.8 Å². The zero-order chi connectivity index (χ0) is 19.2. The van der Waals surface area contributed by atoms with Crippen molar-refractivity contribution in [1.82, 2.24) is 10.3 Å². The van der Waals surface area contributed by atoms with Crippen LogP contribution in [-0.4, -0.2) is 30.0 Å². The first-order chi connectivity index (χ1) is 13.1. The zero-order valence-corrected chi connectivity index (χ0v) is 14.7. The summed E-state index contributed by atoms with van der Waals surface area (Å²) in [4.78, 5) is 29.0. The minimum Gasteiger partial charge on any atom is -0.467 e. The van der Waals surface area contributed by atoms with Gasteiger partial charge in [-0.3, -0.25) is 9.78 Å². The number of nitriles is 1. The van der Waals surface area contributed by atoms with E-state index in [0.717, 1.165) is 16.5 Å². The highest BCUT2D eigenvalue weighted by atomic mass is 16.5. The summed E-state index contributed by atoms with van der Waals surface area (Å²) in [5.74, 6) is -0.946. The molecule has 0 fully saturated rings. The Hall–Kier alpha value is -3.72. The summed E-state index contributed by atoms with van der Waals surface area (Å²) < 4.78 is 4.81. The molecule has 0 spiro atoms. The van der Waals surface area contributed by atoms with E-state index in [1.165, 1.54) is 13.3 Å². The molecule has 1 amide bonds. The topological polar surface area (TPSA) is 92.1 Å². The fourth-order valence-electron chi connectivity index (χ4n) is 2.72. The number of hydrogen-bond donors (Lipinski definition) is 1. The van der Waals surface area contributed by atoms with Crippen LogP contribution >= 0.6 is 0 Å². The third kappa shape index (κ3) is 4.28. The molecule has 1 N–H and O–H groups in total. The molecule has 0 aliphatic heterocycles. The van der Waals surface area contributed by atoms with Gasteiger partial charge in [0.2, 0.25) is 0 Å². The van der Waals surface area contributed by atoms with Crippen LogP contribution in [0, 0.1) is 11.3 Å². The highest BCUT2D eigenvalue weighted by Gasteiger charge is 2.23. The number of methoxy groups -OCH3 is 1. The van der Waals surface area contributed by atoms with Crippen LogP contribution in [-0.2, 0) is 16.0 Å². The minimum absolute atomic E-state index is 0.255. The molecule has 0 saturated carbocycles. The van der Waals surface area contributed by atoms with Gasteiger partial charge in [0.25, 0.3) is 5.91 Å². The number of nitrogens with zero attached hydrogens (tertiary/aromatic N) is 2. The molecule has 1 atom stereocenters. The predicted octanol–water partition coefficient (Wildman–Crippen LogP) is 2.62. The van der Waals surface area contributed by atoms with E-state index in [9.17, 15) is 9.59 Å². The smallest absolute Gasteiger partial charge is 0.328 e. The molecule has 0 saturated heterocycles. The van der Waals surface area contributed by atoms with Gasteiger partial charge in [0.1, 0.15) is 6.04 Å². The Balaban J connectivity index is 1.79. The van der Waals surface area contributed by atoms with Crippen LogP contribution in [0.3, 0.4) is 0 Å². The third-order valence-corrected chi connectivity index (χ3v) is 4.17. The van der Waals surface area contributed by atoms with Gasteiger partial charge >= 0.3 is 5.97 Å². The van der Waals surface area contributed by atoms with Crippen molar-refractivity contribution in [2.24, 2.45) is 0 Å². The number of ether oxygens (including phenoxy) is 1. The Labute approximate surface area is 156 Å². The number of carbonyl (C=O) groups is 2. The van der Waals surface area contributed by atoms with Gasteiger partial charge in [0.15, 0.2) is 0 Å². The van der Waals surface area contributed by atoms with Gasteiger partial charge in [-0.15, -0.1) is 0 Å². The molecule has 0 aliphatic rings. The van der Waals surface area contributed by atoms with Crippen molar-refractivity contribution < 1.29 is 14.3 Å². The Morgan fingerprint density at radius 3 is 2.63 bits per heavy atom. The summed E-state index contributed by atoms with van der Waals surface area (Å²) in [6, 6.07) is 17.2. The first-order valence-electron chi connectivity index (χ1n) is 8.33. The monoisotopic (exact) mass is 359 g/mol. The first-order valence-corrected chi connectivity index (χ1v) is 8.33. The number of aromatic nitrogens is 1. The van der Waals surface area contributed by atoms with Crippen molar-refractivity contribution in [2.45, 2.75) is 12.5 Å².